The first-order valence-corrected chi connectivity index (χ1v) is 6.56. The Morgan fingerprint density at radius 1 is 1.35 bits per heavy atom. The third-order valence-electron chi connectivity index (χ3n) is 3.55. The zero-order valence-corrected chi connectivity index (χ0v) is 10.3. The summed E-state index contributed by atoms with van der Waals surface area (Å²) in [7, 11) is 0. The highest BCUT2D eigenvalue weighted by Gasteiger charge is 2.22. The van der Waals surface area contributed by atoms with Gasteiger partial charge in [0.15, 0.2) is 5.82 Å². The maximum Gasteiger partial charge on any atom is 0.151 e. The number of para-hydroxylation sites is 1. The van der Waals surface area contributed by atoms with Crippen LogP contribution in [0.5, 0.6) is 0 Å². The number of halogens is 2. The van der Waals surface area contributed by atoms with Crippen molar-refractivity contribution in [1.82, 2.24) is 9.55 Å². The summed E-state index contributed by atoms with van der Waals surface area (Å²) in [6.07, 6.45) is 4.76. The standard InChI is InChI=1S/C13H14ClFN2/c14-8-12-16-13-10(15)6-3-7-11(13)17(12)9-4-1-2-5-9/h3,6-7,9H,1-2,4-5,8H2. The number of benzene rings is 1. The van der Waals surface area contributed by atoms with Crippen LogP contribution in [-0.2, 0) is 5.88 Å². The van der Waals surface area contributed by atoms with Crippen LogP contribution in [0.4, 0.5) is 4.39 Å². The number of aromatic nitrogens is 2. The van der Waals surface area contributed by atoms with E-state index in [1.165, 1.54) is 18.9 Å². The van der Waals surface area contributed by atoms with Crippen molar-refractivity contribution in [2.24, 2.45) is 0 Å². The maximum atomic E-state index is 13.7. The molecule has 1 fully saturated rings. The molecule has 1 aromatic heterocycles. The molecule has 1 aliphatic carbocycles. The van der Waals surface area contributed by atoms with E-state index >= 15 is 0 Å². The van der Waals surface area contributed by atoms with Crippen molar-refractivity contribution in [3.05, 3.63) is 29.8 Å². The van der Waals surface area contributed by atoms with Gasteiger partial charge in [0.1, 0.15) is 11.3 Å². The monoisotopic (exact) mass is 252 g/mol. The van der Waals surface area contributed by atoms with E-state index in [-0.39, 0.29) is 5.82 Å². The Balaban J connectivity index is 2.22. The molecule has 90 valence electrons. The highest BCUT2D eigenvalue weighted by molar-refractivity contribution is 6.16. The number of nitrogens with zero attached hydrogens (tertiary/aromatic N) is 2. The highest BCUT2D eigenvalue weighted by Crippen LogP contribution is 2.34. The lowest BCUT2D eigenvalue weighted by Crippen LogP contribution is -2.07. The van der Waals surface area contributed by atoms with E-state index < -0.39 is 0 Å². The molecule has 1 saturated carbocycles. The van der Waals surface area contributed by atoms with Gasteiger partial charge < -0.3 is 4.57 Å². The van der Waals surface area contributed by atoms with Gasteiger partial charge >= 0.3 is 0 Å². The lowest BCUT2D eigenvalue weighted by Gasteiger charge is -2.15. The van der Waals surface area contributed by atoms with Crippen LogP contribution in [0.25, 0.3) is 11.0 Å². The third kappa shape index (κ3) is 1.73. The minimum absolute atomic E-state index is 0.259. The summed E-state index contributed by atoms with van der Waals surface area (Å²) in [5.74, 6) is 0.870. The Bertz CT molecular complexity index is 544. The Kier molecular flexibility index (Phi) is 2.79. The summed E-state index contributed by atoms with van der Waals surface area (Å²) < 4.78 is 15.8. The van der Waals surface area contributed by atoms with Crippen molar-refractivity contribution < 1.29 is 4.39 Å². The summed E-state index contributed by atoms with van der Waals surface area (Å²) in [4.78, 5) is 4.33. The van der Waals surface area contributed by atoms with Crippen LogP contribution in [0.2, 0.25) is 0 Å². The number of alkyl halides is 1. The minimum atomic E-state index is -0.259. The van der Waals surface area contributed by atoms with Gasteiger partial charge in [0.05, 0.1) is 11.4 Å². The lowest BCUT2D eigenvalue weighted by atomic mass is 10.2. The van der Waals surface area contributed by atoms with Gasteiger partial charge in [0, 0.05) is 6.04 Å². The van der Waals surface area contributed by atoms with E-state index in [2.05, 4.69) is 9.55 Å². The van der Waals surface area contributed by atoms with E-state index in [9.17, 15) is 4.39 Å². The van der Waals surface area contributed by atoms with Crippen molar-refractivity contribution >= 4 is 22.6 Å². The van der Waals surface area contributed by atoms with Crippen molar-refractivity contribution in [2.75, 3.05) is 0 Å². The summed E-state index contributed by atoms with van der Waals surface area (Å²) in [5.41, 5.74) is 1.34. The van der Waals surface area contributed by atoms with Gasteiger partial charge in [-0.25, -0.2) is 9.37 Å². The van der Waals surface area contributed by atoms with Gasteiger partial charge in [-0.15, -0.1) is 11.6 Å². The number of imidazole rings is 1. The quantitative estimate of drug-likeness (QED) is 0.738. The lowest BCUT2D eigenvalue weighted by molar-refractivity contribution is 0.518. The van der Waals surface area contributed by atoms with Crippen LogP contribution in [0.1, 0.15) is 37.5 Å². The van der Waals surface area contributed by atoms with Crippen LogP contribution in [0, 0.1) is 5.82 Å². The summed E-state index contributed by atoms with van der Waals surface area (Å²) in [6.45, 7) is 0. The Morgan fingerprint density at radius 2 is 2.12 bits per heavy atom. The van der Waals surface area contributed by atoms with Crippen molar-refractivity contribution in [3.63, 3.8) is 0 Å². The van der Waals surface area contributed by atoms with Gasteiger partial charge in [0.2, 0.25) is 0 Å². The molecule has 0 unspecified atom stereocenters. The van der Waals surface area contributed by atoms with Gasteiger partial charge in [0.25, 0.3) is 0 Å². The van der Waals surface area contributed by atoms with Crippen LogP contribution in [0.3, 0.4) is 0 Å². The van der Waals surface area contributed by atoms with E-state index in [1.807, 2.05) is 6.07 Å². The maximum absolute atomic E-state index is 13.7. The van der Waals surface area contributed by atoms with Crippen molar-refractivity contribution in [1.29, 1.82) is 0 Å². The molecule has 2 aromatic rings. The molecule has 0 bridgehead atoms. The first kappa shape index (κ1) is 11.0. The molecule has 1 aliphatic rings. The van der Waals surface area contributed by atoms with Gasteiger partial charge in [-0.1, -0.05) is 18.9 Å². The fourth-order valence-electron chi connectivity index (χ4n) is 2.80. The van der Waals surface area contributed by atoms with E-state index in [0.29, 0.717) is 17.4 Å². The molecule has 2 nitrogen and oxygen atoms in total. The Morgan fingerprint density at radius 3 is 2.82 bits per heavy atom. The molecule has 4 heteroatoms. The number of rotatable bonds is 2. The average Bonchev–Trinajstić information content (AvgIpc) is 2.94. The molecule has 0 amide bonds. The molecule has 3 rings (SSSR count). The highest BCUT2D eigenvalue weighted by atomic mass is 35.5. The molecule has 0 spiro atoms. The van der Waals surface area contributed by atoms with E-state index in [4.69, 9.17) is 11.6 Å². The summed E-state index contributed by atoms with van der Waals surface area (Å²) in [5, 5.41) is 0. The molecule has 0 atom stereocenters. The fraction of sp³-hybridized carbons (Fsp3) is 0.462. The molecular weight excluding hydrogens is 239 g/mol. The Hall–Kier alpha value is -1.09. The number of fused-ring (bicyclic) bond motifs is 1. The largest absolute Gasteiger partial charge is 0.324 e. The molecule has 1 heterocycles. The van der Waals surface area contributed by atoms with Gasteiger partial charge in [-0.3, -0.25) is 0 Å². The predicted octanol–water partition coefficient (Wildman–Crippen LogP) is 4.03. The first-order chi connectivity index (χ1) is 8.31. The second-order valence-electron chi connectivity index (χ2n) is 4.58. The molecule has 0 radical (unpaired) electrons. The van der Waals surface area contributed by atoms with Gasteiger partial charge in [-0.2, -0.15) is 0 Å². The summed E-state index contributed by atoms with van der Waals surface area (Å²) in [6, 6.07) is 5.56. The zero-order chi connectivity index (χ0) is 11.8. The SMILES string of the molecule is Fc1cccc2c1nc(CCl)n2C1CCCC1. The first-order valence-electron chi connectivity index (χ1n) is 6.02. The molecule has 1 aromatic carbocycles. The van der Waals surface area contributed by atoms with Crippen LogP contribution >= 0.6 is 11.6 Å². The predicted molar refractivity (Wildman–Crippen MR) is 66.8 cm³/mol. The number of hydrogen-bond acceptors (Lipinski definition) is 1. The Labute approximate surface area is 104 Å². The average molecular weight is 253 g/mol. The molecule has 0 N–H and O–H groups in total. The van der Waals surface area contributed by atoms with Crippen molar-refractivity contribution in [3.8, 4) is 0 Å². The van der Waals surface area contributed by atoms with Crippen LogP contribution in [-0.4, -0.2) is 9.55 Å². The molecule has 0 aliphatic heterocycles. The van der Waals surface area contributed by atoms with Crippen molar-refractivity contribution in [2.45, 2.75) is 37.6 Å². The van der Waals surface area contributed by atoms with Crippen LogP contribution < -0.4 is 0 Å². The van der Waals surface area contributed by atoms with E-state index in [0.717, 1.165) is 24.2 Å². The topological polar surface area (TPSA) is 17.8 Å². The number of hydrogen-bond donors (Lipinski definition) is 0. The fourth-order valence-corrected chi connectivity index (χ4v) is 2.98. The minimum Gasteiger partial charge on any atom is -0.324 e. The second kappa shape index (κ2) is 4.30. The second-order valence-corrected chi connectivity index (χ2v) is 4.84. The molecule has 17 heavy (non-hydrogen) atoms. The smallest absolute Gasteiger partial charge is 0.151 e. The molecular formula is C13H14ClFN2. The normalized spacial score (nSPS) is 17.1. The summed E-state index contributed by atoms with van der Waals surface area (Å²) >= 11 is 5.93. The van der Waals surface area contributed by atoms with Crippen LogP contribution in [0.15, 0.2) is 18.2 Å². The zero-order valence-electron chi connectivity index (χ0n) is 9.50. The van der Waals surface area contributed by atoms with Gasteiger partial charge in [-0.05, 0) is 25.0 Å². The third-order valence-corrected chi connectivity index (χ3v) is 3.79. The van der Waals surface area contributed by atoms with E-state index in [1.54, 1.807) is 6.07 Å². The molecule has 0 saturated heterocycles.